The molecule has 4 heteroatoms. The highest BCUT2D eigenvalue weighted by Gasteiger charge is 1.98. The average molecular weight is 172 g/mol. The lowest BCUT2D eigenvalue weighted by molar-refractivity contribution is 1.18. The zero-order chi connectivity index (χ0) is 9.10. The first-order chi connectivity index (χ1) is 6.36. The summed E-state index contributed by atoms with van der Waals surface area (Å²) < 4.78 is 0. The number of pyridine rings is 1. The van der Waals surface area contributed by atoms with Gasteiger partial charge in [0, 0.05) is 6.20 Å². The number of hydrogen-bond donors (Lipinski definition) is 1. The van der Waals surface area contributed by atoms with Crippen LogP contribution in [0.25, 0.3) is 11.4 Å². The van der Waals surface area contributed by atoms with Crippen LogP contribution in [0.1, 0.15) is 0 Å². The molecule has 0 aromatic carbocycles. The van der Waals surface area contributed by atoms with Crippen molar-refractivity contribution in [1.82, 2.24) is 15.0 Å². The van der Waals surface area contributed by atoms with Gasteiger partial charge in [-0.05, 0) is 12.1 Å². The minimum atomic E-state index is 0.416. The Hall–Kier alpha value is -1.97. The van der Waals surface area contributed by atoms with Crippen LogP contribution in [0.4, 0.5) is 5.82 Å². The number of rotatable bonds is 1. The topological polar surface area (TPSA) is 64.7 Å². The molecule has 2 aromatic heterocycles. The van der Waals surface area contributed by atoms with E-state index in [1.54, 1.807) is 12.4 Å². The smallest absolute Gasteiger partial charge is 0.141 e. The zero-order valence-corrected chi connectivity index (χ0v) is 6.88. The molecule has 0 saturated heterocycles. The standard InChI is InChI=1S/C9H8N4/c10-9-6-12-8(5-13-9)7-3-1-2-4-11-7/h1-6H,(H2,10,13). The van der Waals surface area contributed by atoms with Gasteiger partial charge in [0.05, 0.1) is 18.1 Å². The molecule has 13 heavy (non-hydrogen) atoms. The molecule has 0 amide bonds. The summed E-state index contributed by atoms with van der Waals surface area (Å²) >= 11 is 0. The second-order valence-corrected chi connectivity index (χ2v) is 2.54. The lowest BCUT2D eigenvalue weighted by Gasteiger charge is -1.97. The number of hydrogen-bond acceptors (Lipinski definition) is 4. The van der Waals surface area contributed by atoms with Crippen LogP contribution in [-0.4, -0.2) is 15.0 Å². The molecule has 2 N–H and O–H groups in total. The quantitative estimate of drug-likeness (QED) is 0.700. The van der Waals surface area contributed by atoms with Crippen LogP contribution in [-0.2, 0) is 0 Å². The van der Waals surface area contributed by atoms with Gasteiger partial charge in [-0.2, -0.15) is 0 Å². The Labute approximate surface area is 75.5 Å². The van der Waals surface area contributed by atoms with Crippen molar-refractivity contribution >= 4 is 5.82 Å². The van der Waals surface area contributed by atoms with E-state index in [2.05, 4.69) is 15.0 Å². The number of nitrogen functional groups attached to an aromatic ring is 1. The monoisotopic (exact) mass is 172 g/mol. The molecular formula is C9H8N4. The normalized spacial score (nSPS) is 9.85. The van der Waals surface area contributed by atoms with Gasteiger partial charge in [-0.3, -0.25) is 4.98 Å². The van der Waals surface area contributed by atoms with Gasteiger partial charge >= 0.3 is 0 Å². The predicted molar refractivity (Wildman–Crippen MR) is 49.7 cm³/mol. The molecule has 64 valence electrons. The lowest BCUT2D eigenvalue weighted by Crippen LogP contribution is -1.93. The Morgan fingerprint density at radius 2 is 1.85 bits per heavy atom. The fourth-order valence-electron chi connectivity index (χ4n) is 0.985. The third kappa shape index (κ3) is 1.61. The van der Waals surface area contributed by atoms with Crippen LogP contribution in [0.2, 0.25) is 0 Å². The maximum absolute atomic E-state index is 5.41. The molecule has 0 aliphatic heterocycles. The number of nitrogens with zero attached hydrogens (tertiary/aromatic N) is 3. The molecule has 0 unspecified atom stereocenters. The fraction of sp³-hybridized carbons (Fsp3) is 0. The van der Waals surface area contributed by atoms with E-state index in [0.29, 0.717) is 5.82 Å². The Balaban J connectivity index is 2.42. The summed E-state index contributed by atoms with van der Waals surface area (Å²) in [4.78, 5) is 12.2. The molecule has 4 nitrogen and oxygen atoms in total. The van der Waals surface area contributed by atoms with E-state index < -0.39 is 0 Å². The molecule has 0 bridgehead atoms. The Morgan fingerprint density at radius 3 is 2.46 bits per heavy atom. The van der Waals surface area contributed by atoms with E-state index >= 15 is 0 Å². The molecule has 2 rings (SSSR count). The van der Waals surface area contributed by atoms with Crippen molar-refractivity contribution in [2.24, 2.45) is 0 Å². The fourth-order valence-corrected chi connectivity index (χ4v) is 0.985. The summed E-state index contributed by atoms with van der Waals surface area (Å²) in [6, 6.07) is 5.63. The molecule has 0 aliphatic rings. The van der Waals surface area contributed by atoms with Gasteiger partial charge in [-0.1, -0.05) is 6.07 Å². The highest BCUT2D eigenvalue weighted by molar-refractivity contribution is 5.52. The first kappa shape index (κ1) is 7.67. The highest BCUT2D eigenvalue weighted by atomic mass is 14.9. The highest BCUT2D eigenvalue weighted by Crippen LogP contribution is 2.11. The molecule has 2 aromatic rings. The second-order valence-electron chi connectivity index (χ2n) is 2.54. The summed E-state index contributed by atoms with van der Waals surface area (Å²) in [6.07, 6.45) is 4.84. The number of aromatic nitrogens is 3. The van der Waals surface area contributed by atoms with Crippen LogP contribution in [0.3, 0.4) is 0 Å². The first-order valence-corrected chi connectivity index (χ1v) is 3.85. The van der Waals surface area contributed by atoms with Crippen molar-refractivity contribution in [2.45, 2.75) is 0 Å². The van der Waals surface area contributed by atoms with Crippen LogP contribution in [0.5, 0.6) is 0 Å². The Bertz CT molecular complexity index is 382. The predicted octanol–water partition coefficient (Wildman–Crippen LogP) is 1.12. The van der Waals surface area contributed by atoms with Crippen molar-refractivity contribution in [2.75, 3.05) is 5.73 Å². The minimum absolute atomic E-state index is 0.416. The maximum atomic E-state index is 5.41. The van der Waals surface area contributed by atoms with Gasteiger partial charge in [0.25, 0.3) is 0 Å². The van der Waals surface area contributed by atoms with Crippen LogP contribution in [0.15, 0.2) is 36.8 Å². The van der Waals surface area contributed by atoms with Crippen LogP contribution in [0, 0.1) is 0 Å². The summed E-state index contributed by atoms with van der Waals surface area (Å²) in [6.45, 7) is 0. The summed E-state index contributed by atoms with van der Waals surface area (Å²) in [5.41, 5.74) is 6.94. The van der Waals surface area contributed by atoms with E-state index in [4.69, 9.17) is 5.73 Å². The third-order valence-electron chi connectivity index (χ3n) is 1.60. The van der Waals surface area contributed by atoms with Gasteiger partial charge < -0.3 is 5.73 Å². The third-order valence-corrected chi connectivity index (χ3v) is 1.60. The second kappa shape index (κ2) is 3.18. The van der Waals surface area contributed by atoms with Gasteiger partial charge in [-0.25, -0.2) is 9.97 Å². The van der Waals surface area contributed by atoms with Gasteiger partial charge in [-0.15, -0.1) is 0 Å². The summed E-state index contributed by atoms with van der Waals surface area (Å²) in [5, 5.41) is 0. The lowest BCUT2D eigenvalue weighted by atomic mass is 10.3. The molecule has 0 saturated carbocycles. The summed E-state index contributed by atoms with van der Waals surface area (Å²) in [7, 11) is 0. The average Bonchev–Trinajstić information content (AvgIpc) is 2.20. The van der Waals surface area contributed by atoms with Gasteiger partial charge in [0.2, 0.25) is 0 Å². The van der Waals surface area contributed by atoms with E-state index in [-0.39, 0.29) is 0 Å². The van der Waals surface area contributed by atoms with E-state index in [1.807, 2.05) is 18.2 Å². The SMILES string of the molecule is Nc1cnc(-c2ccccn2)cn1. The maximum Gasteiger partial charge on any atom is 0.141 e. The van der Waals surface area contributed by atoms with E-state index in [1.165, 1.54) is 6.20 Å². The van der Waals surface area contributed by atoms with Crippen molar-refractivity contribution in [3.63, 3.8) is 0 Å². The van der Waals surface area contributed by atoms with E-state index in [9.17, 15) is 0 Å². The molecule has 2 heterocycles. The molecule has 0 fully saturated rings. The zero-order valence-electron chi connectivity index (χ0n) is 6.88. The van der Waals surface area contributed by atoms with Crippen LogP contribution >= 0.6 is 0 Å². The Kier molecular flexibility index (Phi) is 1.88. The van der Waals surface area contributed by atoms with Gasteiger partial charge in [0.1, 0.15) is 11.5 Å². The van der Waals surface area contributed by atoms with Crippen molar-refractivity contribution in [3.8, 4) is 11.4 Å². The van der Waals surface area contributed by atoms with Crippen molar-refractivity contribution in [3.05, 3.63) is 36.8 Å². The minimum Gasteiger partial charge on any atom is -0.382 e. The molecule has 0 aliphatic carbocycles. The first-order valence-electron chi connectivity index (χ1n) is 3.85. The number of nitrogens with two attached hydrogens (primary N) is 1. The molecular weight excluding hydrogens is 164 g/mol. The molecule has 0 radical (unpaired) electrons. The van der Waals surface area contributed by atoms with Crippen molar-refractivity contribution < 1.29 is 0 Å². The molecule has 0 atom stereocenters. The summed E-state index contributed by atoms with van der Waals surface area (Å²) in [5.74, 6) is 0.416. The largest absolute Gasteiger partial charge is 0.382 e. The molecule has 0 spiro atoms. The van der Waals surface area contributed by atoms with Crippen LogP contribution < -0.4 is 5.73 Å². The van der Waals surface area contributed by atoms with Crippen molar-refractivity contribution in [1.29, 1.82) is 0 Å². The van der Waals surface area contributed by atoms with Gasteiger partial charge in [0.15, 0.2) is 0 Å². The Morgan fingerprint density at radius 1 is 0.923 bits per heavy atom. The van der Waals surface area contributed by atoms with E-state index in [0.717, 1.165) is 11.4 Å². The number of anilines is 1.